The molecule has 136 valence electrons. The van der Waals surface area contributed by atoms with Crippen molar-refractivity contribution in [3.8, 4) is 0 Å². The molecule has 9 heteroatoms. The molecule has 2 aromatic rings. The van der Waals surface area contributed by atoms with Crippen LogP contribution in [0.4, 0.5) is 5.69 Å². The third kappa shape index (κ3) is 4.09. The molecule has 1 saturated heterocycles. The van der Waals surface area contributed by atoms with Gasteiger partial charge in [-0.1, -0.05) is 23.2 Å². The maximum atomic E-state index is 12.7. The van der Waals surface area contributed by atoms with Gasteiger partial charge in [-0.25, -0.2) is 9.97 Å². The van der Waals surface area contributed by atoms with E-state index in [1.165, 1.54) is 11.1 Å². The maximum Gasteiger partial charge on any atom is 0.228 e. The topological polar surface area (TPSA) is 75.2 Å². The first-order valence-electron chi connectivity index (χ1n) is 7.79. The minimum absolute atomic E-state index is 0.0908. The van der Waals surface area contributed by atoms with Gasteiger partial charge in [0.15, 0.2) is 0 Å². The molecule has 1 unspecified atom stereocenters. The van der Waals surface area contributed by atoms with Crippen LogP contribution in [0.1, 0.15) is 19.0 Å². The normalized spacial score (nSPS) is 19.7. The first-order valence-corrected chi connectivity index (χ1v) is 8.92. The van der Waals surface area contributed by atoms with Crippen LogP contribution in [0.15, 0.2) is 30.5 Å². The van der Waals surface area contributed by atoms with Crippen molar-refractivity contribution in [2.45, 2.75) is 19.9 Å². The molecule has 1 aliphatic heterocycles. The summed E-state index contributed by atoms with van der Waals surface area (Å²) >= 11 is 17.8. The SMILES string of the molecule is CC1(C(=O)NCc2ccnc(Cl)n2)CC(=O)N(c2cc(Cl)cc(Cl)c2)C1. The van der Waals surface area contributed by atoms with Crippen molar-refractivity contribution in [1.29, 1.82) is 0 Å². The second-order valence-electron chi connectivity index (χ2n) is 6.34. The molecule has 0 bridgehead atoms. The lowest BCUT2D eigenvalue weighted by atomic mass is 9.88. The number of carbonyl (C=O) groups is 2. The van der Waals surface area contributed by atoms with Gasteiger partial charge in [-0.3, -0.25) is 9.59 Å². The number of halogens is 3. The van der Waals surface area contributed by atoms with E-state index in [4.69, 9.17) is 34.8 Å². The Bertz CT molecular complexity index is 857. The van der Waals surface area contributed by atoms with Crippen LogP contribution in [0.5, 0.6) is 0 Å². The summed E-state index contributed by atoms with van der Waals surface area (Å²) in [6, 6.07) is 6.55. The predicted molar refractivity (Wildman–Crippen MR) is 100 cm³/mol. The maximum absolute atomic E-state index is 12.7. The Hall–Kier alpha value is -1.89. The van der Waals surface area contributed by atoms with Crippen LogP contribution in [0, 0.1) is 5.41 Å². The minimum Gasteiger partial charge on any atom is -0.350 e. The first kappa shape index (κ1) is 18.9. The molecule has 0 saturated carbocycles. The summed E-state index contributed by atoms with van der Waals surface area (Å²) in [5, 5.41) is 3.78. The molecule has 3 rings (SSSR count). The van der Waals surface area contributed by atoms with E-state index in [2.05, 4.69) is 15.3 Å². The number of nitrogens with zero attached hydrogens (tertiary/aromatic N) is 3. The van der Waals surface area contributed by atoms with E-state index in [1.54, 1.807) is 31.2 Å². The van der Waals surface area contributed by atoms with Crippen molar-refractivity contribution in [2.24, 2.45) is 5.41 Å². The number of amides is 2. The van der Waals surface area contributed by atoms with Crippen molar-refractivity contribution in [1.82, 2.24) is 15.3 Å². The molecule has 6 nitrogen and oxygen atoms in total. The first-order chi connectivity index (χ1) is 12.3. The molecule has 1 aromatic heterocycles. The molecule has 1 atom stereocenters. The van der Waals surface area contributed by atoms with Crippen LogP contribution < -0.4 is 10.2 Å². The summed E-state index contributed by atoms with van der Waals surface area (Å²) < 4.78 is 0. The fourth-order valence-corrected chi connectivity index (χ4v) is 3.54. The largest absolute Gasteiger partial charge is 0.350 e. The van der Waals surface area contributed by atoms with Gasteiger partial charge in [0.1, 0.15) is 0 Å². The molecule has 2 amide bonds. The Labute approximate surface area is 165 Å². The van der Waals surface area contributed by atoms with Crippen molar-refractivity contribution in [3.63, 3.8) is 0 Å². The van der Waals surface area contributed by atoms with Crippen molar-refractivity contribution in [3.05, 3.63) is 51.5 Å². The fourth-order valence-electron chi connectivity index (χ4n) is 2.86. The van der Waals surface area contributed by atoms with Gasteiger partial charge >= 0.3 is 0 Å². The highest BCUT2D eigenvalue weighted by atomic mass is 35.5. The zero-order valence-electron chi connectivity index (χ0n) is 13.8. The van der Waals surface area contributed by atoms with E-state index in [0.717, 1.165) is 0 Å². The highest BCUT2D eigenvalue weighted by Crippen LogP contribution is 2.36. The van der Waals surface area contributed by atoms with Crippen LogP contribution in [0.3, 0.4) is 0 Å². The molecular formula is C17H15Cl3N4O2. The monoisotopic (exact) mass is 412 g/mol. The molecule has 1 aliphatic rings. The molecule has 0 spiro atoms. The Morgan fingerprint density at radius 1 is 1.27 bits per heavy atom. The average molecular weight is 414 g/mol. The van der Waals surface area contributed by atoms with Gasteiger partial charge in [0.25, 0.3) is 0 Å². The van der Waals surface area contributed by atoms with E-state index >= 15 is 0 Å². The van der Waals surface area contributed by atoms with Gasteiger partial charge in [0.05, 0.1) is 17.7 Å². The molecule has 1 fully saturated rings. The van der Waals surface area contributed by atoms with E-state index in [9.17, 15) is 9.59 Å². The summed E-state index contributed by atoms with van der Waals surface area (Å²) in [5.41, 5.74) is 0.291. The summed E-state index contributed by atoms with van der Waals surface area (Å²) in [5.74, 6) is -0.401. The highest BCUT2D eigenvalue weighted by Gasteiger charge is 2.45. The predicted octanol–water partition coefficient (Wildman–Crippen LogP) is 3.50. The number of aromatic nitrogens is 2. The number of benzene rings is 1. The lowest BCUT2D eigenvalue weighted by Gasteiger charge is -2.23. The van der Waals surface area contributed by atoms with Gasteiger partial charge in [-0.05, 0) is 42.8 Å². The average Bonchev–Trinajstić information content (AvgIpc) is 2.88. The van der Waals surface area contributed by atoms with Crippen molar-refractivity contribution in [2.75, 3.05) is 11.4 Å². The minimum atomic E-state index is -0.872. The quantitative estimate of drug-likeness (QED) is 0.779. The Balaban J connectivity index is 1.71. The lowest BCUT2D eigenvalue weighted by Crippen LogP contribution is -2.40. The number of nitrogens with one attached hydrogen (secondary N) is 1. The van der Waals surface area contributed by atoms with Crippen LogP contribution in [0.2, 0.25) is 15.3 Å². The summed E-state index contributed by atoms with van der Waals surface area (Å²) in [6.45, 7) is 2.19. The van der Waals surface area contributed by atoms with E-state index < -0.39 is 5.41 Å². The number of rotatable bonds is 4. The van der Waals surface area contributed by atoms with Crippen LogP contribution in [-0.4, -0.2) is 28.3 Å². The molecule has 1 aromatic carbocycles. The summed E-state index contributed by atoms with van der Waals surface area (Å²) in [4.78, 5) is 34.5. The van der Waals surface area contributed by atoms with E-state index in [1.807, 2.05) is 0 Å². The number of anilines is 1. The van der Waals surface area contributed by atoms with E-state index in [-0.39, 0.29) is 36.6 Å². The zero-order chi connectivity index (χ0) is 18.9. The third-order valence-corrected chi connectivity index (χ3v) is 4.79. The summed E-state index contributed by atoms with van der Waals surface area (Å²) in [6.07, 6.45) is 1.61. The van der Waals surface area contributed by atoms with Crippen LogP contribution in [0.25, 0.3) is 0 Å². The van der Waals surface area contributed by atoms with Gasteiger partial charge in [-0.2, -0.15) is 0 Å². The van der Waals surface area contributed by atoms with Crippen LogP contribution >= 0.6 is 34.8 Å². The van der Waals surface area contributed by atoms with Crippen molar-refractivity contribution >= 4 is 52.3 Å². The molecule has 1 N–H and O–H groups in total. The zero-order valence-corrected chi connectivity index (χ0v) is 16.1. The van der Waals surface area contributed by atoms with Gasteiger partial charge in [0, 0.05) is 34.9 Å². The molecule has 26 heavy (non-hydrogen) atoms. The molecule has 0 radical (unpaired) electrons. The van der Waals surface area contributed by atoms with Gasteiger partial charge < -0.3 is 10.2 Å². The fraction of sp³-hybridized carbons (Fsp3) is 0.294. The lowest BCUT2D eigenvalue weighted by molar-refractivity contribution is -0.131. The van der Waals surface area contributed by atoms with Crippen LogP contribution in [-0.2, 0) is 16.1 Å². The van der Waals surface area contributed by atoms with Crippen molar-refractivity contribution < 1.29 is 9.59 Å². The Morgan fingerprint density at radius 3 is 2.62 bits per heavy atom. The number of hydrogen-bond acceptors (Lipinski definition) is 4. The number of hydrogen-bond donors (Lipinski definition) is 1. The second kappa shape index (κ2) is 7.39. The second-order valence-corrected chi connectivity index (χ2v) is 7.56. The van der Waals surface area contributed by atoms with E-state index in [0.29, 0.717) is 21.4 Å². The number of carbonyl (C=O) groups excluding carboxylic acids is 2. The molecule has 2 heterocycles. The highest BCUT2D eigenvalue weighted by molar-refractivity contribution is 6.35. The summed E-state index contributed by atoms with van der Waals surface area (Å²) in [7, 11) is 0. The molecule has 0 aliphatic carbocycles. The smallest absolute Gasteiger partial charge is 0.228 e. The molecular weight excluding hydrogens is 399 g/mol. The standard InChI is InChI=1S/C17H15Cl3N4O2/c1-17(15(26)22-8-12-2-3-21-16(20)23-12)7-14(25)24(9-17)13-5-10(18)4-11(19)6-13/h2-6H,7-9H2,1H3,(H,22,26). The van der Waals surface area contributed by atoms with Gasteiger partial charge in [0.2, 0.25) is 17.1 Å². The Morgan fingerprint density at radius 2 is 1.96 bits per heavy atom. The van der Waals surface area contributed by atoms with Gasteiger partial charge in [-0.15, -0.1) is 0 Å². The third-order valence-electron chi connectivity index (χ3n) is 4.17. The Kier molecular flexibility index (Phi) is 5.37.